The maximum atomic E-state index is 13.3. The maximum absolute atomic E-state index is 13.3. The lowest BCUT2D eigenvalue weighted by molar-refractivity contribution is -0.138. The number of hydrogen-bond donors (Lipinski definition) is 1. The van der Waals surface area contributed by atoms with Crippen LogP contribution in [0.5, 0.6) is 0 Å². The standard InChI is InChI=1S/C23H25FN2O2/c24-20-6-3-7-21(14-20)25-22(27)17-8-10-18(11-9-17)23(28)26-13-12-16-4-1-2-5-19(16)15-26/h1-7,14,17-18H,8-13,15H2,(H,25,27). The van der Waals surface area contributed by atoms with E-state index in [4.69, 9.17) is 0 Å². The molecular weight excluding hydrogens is 355 g/mol. The number of anilines is 1. The minimum absolute atomic E-state index is 0.00322. The molecule has 28 heavy (non-hydrogen) atoms. The van der Waals surface area contributed by atoms with Gasteiger partial charge in [0.25, 0.3) is 0 Å². The second kappa shape index (κ2) is 8.13. The topological polar surface area (TPSA) is 49.4 Å². The summed E-state index contributed by atoms with van der Waals surface area (Å²) in [6.07, 6.45) is 3.77. The molecule has 2 aromatic rings. The van der Waals surface area contributed by atoms with E-state index in [2.05, 4.69) is 17.4 Å². The molecule has 1 saturated carbocycles. The fourth-order valence-corrected chi connectivity index (χ4v) is 4.36. The Morgan fingerprint density at radius 2 is 1.64 bits per heavy atom. The van der Waals surface area contributed by atoms with E-state index in [1.165, 1.54) is 23.3 Å². The first-order valence-electron chi connectivity index (χ1n) is 10.0. The molecule has 2 aromatic carbocycles. The van der Waals surface area contributed by atoms with Gasteiger partial charge in [0.1, 0.15) is 5.82 Å². The molecule has 146 valence electrons. The summed E-state index contributed by atoms with van der Waals surface area (Å²) in [5.41, 5.74) is 3.06. The van der Waals surface area contributed by atoms with Crippen molar-refractivity contribution in [2.75, 3.05) is 11.9 Å². The van der Waals surface area contributed by atoms with E-state index in [0.29, 0.717) is 25.1 Å². The van der Waals surface area contributed by atoms with Crippen molar-refractivity contribution in [3.63, 3.8) is 0 Å². The lowest BCUT2D eigenvalue weighted by Crippen LogP contribution is -2.41. The molecule has 1 aliphatic heterocycles. The molecule has 0 unspecified atom stereocenters. The summed E-state index contributed by atoms with van der Waals surface area (Å²) in [5, 5.41) is 2.80. The second-order valence-corrected chi connectivity index (χ2v) is 7.83. The van der Waals surface area contributed by atoms with Gasteiger partial charge >= 0.3 is 0 Å². The number of halogens is 1. The lowest BCUT2D eigenvalue weighted by Gasteiger charge is -2.34. The summed E-state index contributed by atoms with van der Waals surface area (Å²) < 4.78 is 13.3. The summed E-state index contributed by atoms with van der Waals surface area (Å²) in [6.45, 7) is 1.46. The van der Waals surface area contributed by atoms with E-state index < -0.39 is 0 Å². The fourth-order valence-electron chi connectivity index (χ4n) is 4.36. The van der Waals surface area contributed by atoms with Crippen LogP contribution < -0.4 is 5.32 Å². The Labute approximate surface area is 164 Å². The molecule has 0 radical (unpaired) electrons. The van der Waals surface area contributed by atoms with Gasteiger partial charge in [0.2, 0.25) is 11.8 Å². The predicted molar refractivity (Wildman–Crippen MR) is 106 cm³/mol. The normalized spacial score (nSPS) is 21.7. The average molecular weight is 380 g/mol. The second-order valence-electron chi connectivity index (χ2n) is 7.83. The minimum atomic E-state index is -0.366. The van der Waals surface area contributed by atoms with Crippen molar-refractivity contribution in [3.8, 4) is 0 Å². The Balaban J connectivity index is 1.30. The Hall–Kier alpha value is -2.69. The molecular formula is C23H25FN2O2. The van der Waals surface area contributed by atoms with Gasteiger partial charge in [-0.05, 0) is 61.4 Å². The number of carbonyl (C=O) groups excluding carboxylic acids is 2. The minimum Gasteiger partial charge on any atom is -0.338 e. The molecule has 2 aliphatic rings. The molecule has 5 heteroatoms. The Morgan fingerprint density at radius 1 is 0.929 bits per heavy atom. The molecule has 0 aromatic heterocycles. The monoisotopic (exact) mass is 380 g/mol. The van der Waals surface area contributed by atoms with E-state index in [-0.39, 0.29) is 29.5 Å². The van der Waals surface area contributed by atoms with Crippen LogP contribution in [-0.2, 0) is 22.6 Å². The summed E-state index contributed by atoms with van der Waals surface area (Å²) in [6, 6.07) is 14.2. The number of rotatable bonds is 3. The Kier molecular flexibility index (Phi) is 5.42. The fraction of sp³-hybridized carbons (Fsp3) is 0.391. The smallest absolute Gasteiger partial charge is 0.227 e. The number of carbonyl (C=O) groups is 2. The number of benzene rings is 2. The van der Waals surface area contributed by atoms with Crippen LogP contribution in [0.3, 0.4) is 0 Å². The van der Waals surface area contributed by atoms with Gasteiger partial charge < -0.3 is 10.2 Å². The van der Waals surface area contributed by atoms with Gasteiger partial charge in [0.15, 0.2) is 0 Å². The molecule has 0 bridgehead atoms. The zero-order valence-corrected chi connectivity index (χ0v) is 15.9. The number of nitrogens with zero attached hydrogens (tertiary/aromatic N) is 1. The van der Waals surface area contributed by atoms with Crippen LogP contribution in [0.2, 0.25) is 0 Å². The van der Waals surface area contributed by atoms with Gasteiger partial charge in [-0.15, -0.1) is 0 Å². The lowest BCUT2D eigenvalue weighted by atomic mass is 9.80. The molecule has 2 amide bonds. The molecule has 1 N–H and O–H groups in total. The number of hydrogen-bond acceptors (Lipinski definition) is 2. The van der Waals surface area contributed by atoms with Gasteiger partial charge in [-0.1, -0.05) is 30.3 Å². The summed E-state index contributed by atoms with van der Waals surface area (Å²) in [4.78, 5) is 27.4. The molecule has 4 nitrogen and oxygen atoms in total. The highest BCUT2D eigenvalue weighted by Crippen LogP contribution is 2.32. The SMILES string of the molecule is O=C(Nc1cccc(F)c1)C1CCC(C(=O)N2CCc3ccccc3C2)CC1. The van der Waals surface area contributed by atoms with E-state index in [1.54, 1.807) is 12.1 Å². The van der Waals surface area contributed by atoms with Crippen LogP contribution in [0.25, 0.3) is 0 Å². The van der Waals surface area contributed by atoms with Gasteiger partial charge in [-0.3, -0.25) is 9.59 Å². The molecule has 0 atom stereocenters. The van der Waals surface area contributed by atoms with Crippen molar-refractivity contribution in [2.45, 2.75) is 38.6 Å². The van der Waals surface area contributed by atoms with Crippen LogP contribution in [0.4, 0.5) is 10.1 Å². The summed E-state index contributed by atoms with van der Waals surface area (Å²) in [5.74, 6) is -0.338. The van der Waals surface area contributed by atoms with Gasteiger partial charge in [-0.25, -0.2) is 4.39 Å². The molecule has 1 fully saturated rings. The van der Waals surface area contributed by atoms with Gasteiger partial charge in [0, 0.05) is 30.6 Å². The van der Waals surface area contributed by atoms with Crippen molar-refractivity contribution in [1.29, 1.82) is 0 Å². The van der Waals surface area contributed by atoms with Crippen molar-refractivity contribution in [1.82, 2.24) is 4.90 Å². The van der Waals surface area contributed by atoms with Crippen molar-refractivity contribution in [3.05, 3.63) is 65.5 Å². The van der Waals surface area contributed by atoms with E-state index in [1.807, 2.05) is 17.0 Å². The van der Waals surface area contributed by atoms with Gasteiger partial charge in [-0.2, -0.15) is 0 Å². The third-order valence-electron chi connectivity index (χ3n) is 5.98. The quantitative estimate of drug-likeness (QED) is 0.869. The van der Waals surface area contributed by atoms with Crippen molar-refractivity contribution < 1.29 is 14.0 Å². The highest BCUT2D eigenvalue weighted by Gasteiger charge is 2.33. The van der Waals surface area contributed by atoms with Crippen molar-refractivity contribution in [2.24, 2.45) is 11.8 Å². The van der Waals surface area contributed by atoms with Gasteiger partial charge in [0.05, 0.1) is 0 Å². The maximum Gasteiger partial charge on any atom is 0.227 e. The number of fused-ring (bicyclic) bond motifs is 1. The van der Waals surface area contributed by atoms with Crippen LogP contribution in [0.1, 0.15) is 36.8 Å². The Bertz CT molecular complexity index is 874. The zero-order valence-electron chi connectivity index (χ0n) is 15.9. The number of amides is 2. The average Bonchev–Trinajstić information content (AvgIpc) is 2.73. The molecule has 1 aliphatic carbocycles. The van der Waals surface area contributed by atoms with Crippen LogP contribution in [-0.4, -0.2) is 23.3 Å². The first-order valence-corrected chi connectivity index (χ1v) is 10.0. The highest BCUT2D eigenvalue weighted by atomic mass is 19.1. The molecule has 0 spiro atoms. The van der Waals surface area contributed by atoms with E-state index in [9.17, 15) is 14.0 Å². The first-order chi connectivity index (χ1) is 13.6. The largest absolute Gasteiger partial charge is 0.338 e. The van der Waals surface area contributed by atoms with Crippen LogP contribution in [0.15, 0.2) is 48.5 Å². The first kappa shape index (κ1) is 18.7. The zero-order chi connectivity index (χ0) is 19.5. The highest BCUT2D eigenvalue weighted by molar-refractivity contribution is 5.92. The summed E-state index contributed by atoms with van der Waals surface area (Å²) >= 11 is 0. The predicted octanol–water partition coefficient (Wildman–Crippen LogP) is 4.16. The number of nitrogens with one attached hydrogen (secondary N) is 1. The third kappa shape index (κ3) is 4.08. The third-order valence-corrected chi connectivity index (χ3v) is 5.98. The van der Waals surface area contributed by atoms with E-state index in [0.717, 1.165) is 25.8 Å². The summed E-state index contributed by atoms with van der Waals surface area (Å²) in [7, 11) is 0. The molecule has 4 rings (SSSR count). The Morgan fingerprint density at radius 3 is 2.39 bits per heavy atom. The van der Waals surface area contributed by atoms with Crippen LogP contribution >= 0.6 is 0 Å². The van der Waals surface area contributed by atoms with E-state index >= 15 is 0 Å². The van der Waals surface area contributed by atoms with Crippen molar-refractivity contribution >= 4 is 17.5 Å². The molecule has 0 saturated heterocycles. The molecule has 1 heterocycles. The van der Waals surface area contributed by atoms with Crippen LogP contribution in [0, 0.1) is 17.7 Å².